The van der Waals surface area contributed by atoms with E-state index in [2.05, 4.69) is 48.3 Å². The Kier molecular flexibility index (Phi) is 5.84. The summed E-state index contributed by atoms with van der Waals surface area (Å²) in [5.41, 5.74) is 6.01. The van der Waals surface area contributed by atoms with E-state index in [1.54, 1.807) is 7.05 Å². The van der Waals surface area contributed by atoms with Crippen LogP contribution < -0.4 is 10.1 Å². The molecule has 1 saturated carbocycles. The number of nitrogens with zero attached hydrogens (tertiary/aromatic N) is 1. The number of hydrogen-bond donors (Lipinski definition) is 1. The minimum Gasteiger partial charge on any atom is -0.488 e. The molecule has 1 heterocycles. The number of rotatable bonds is 7. The Bertz CT molecular complexity index is 894. The Morgan fingerprint density at radius 1 is 1.14 bits per heavy atom. The van der Waals surface area contributed by atoms with E-state index in [0.29, 0.717) is 12.5 Å². The van der Waals surface area contributed by atoms with Crippen LogP contribution in [0.3, 0.4) is 0 Å². The summed E-state index contributed by atoms with van der Waals surface area (Å²) in [5, 5.41) is 3.60. The normalized spacial score (nSPS) is 17.1. The molecule has 1 aliphatic carbocycles. The number of likely N-dealkylation sites (tertiary alicyclic amines) is 1. The Labute approximate surface area is 178 Å². The van der Waals surface area contributed by atoms with Gasteiger partial charge < -0.3 is 10.1 Å². The Morgan fingerprint density at radius 2 is 1.83 bits per heavy atom. The van der Waals surface area contributed by atoms with Gasteiger partial charge in [0.25, 0.3) is 0 Å². The van der Waals surface area contributed by atoms with Gasteiger partial charge in [-0.3, -0.25) is 9.69 Å². The number of nitrogens with one attached hydrogen (secondary N) is 1. The summed E-state index contributed by atoms with van der Waals surface area (Å²) in [4.78, 5) is 14.0. The summed E-state index contributed by atoms with van der Waals surface area (Å²) >= 11 is 6.34. The van der Waals surface area contributed by atoms with Gasteiger partial charge in [-0.05, 0) is 66.5 Å². The molecule has 0 atom stereocenters. The summed E-state index contributed by atoms with van der Waals surface area (Å²) in [6.45, 7) is 7.29. The van der Waals surface area contributed by atoms with Gasteiger partial charge in [-0.15, -0.1) is 0 Å². The molecule has 0 unspecified atom stereocenters. The fourth-order valence-electron chi connectivity index (χ4n) is 4.23. The van der Waals surface area contributed by atoms with E-state index in [-0.39, 0.29) is 11.8 Å². The zero-order valence-corrected chi connectivity index (χ0v) is 18.2. The van der Waals surface area contributed by atoms with Crippen LogP contribution in [0.4, 0.5) is 0 Å². The number of halogens is 1. The first-order valence-electron chi connectivity index (χ1n) is 10.4. The molecular formula is C24H29ClN2O2. The minimum absolute atomic E-state index is 0.129. The van der Waals surface area contributed by atoms with Crippen LogP contribution >= 0.6 is 11.6 Å². The van der Waals surface area contributed by atoms with Crippen molar-refractivity contribution in [3.05, 3.63) is 63.2 Å². The second-order valence-electron chi connectivity index (χ2n) is 8.48. The van der Waals surface area contributed by atoms with E-state index >= 15 is 0 Å². The molecule has 29 heavy (non-hydrogen) atoms. The van der Waals surface area contributed by atoms with Crippen molar-refractivity contribution >= 4 is 17.5 Å². The molecule has 0 spiro atoms. The number of benzene rings is 2. The molecule has 0 aromatic heterocycles. The van der Waals surface area contributed by atoms with Gasteiger partial charge in [-0.2, -0.15) is 0 Å². The van der Waals surface area contributed by atoms with Gasteiger partial charge in [-0.25, -0.2) is 0 Å². The summed E-state index contributed by atoms with van der Waals surface area (Å²) < 4.78 is 6.20. The number of amides is 1. The predicted molar refractivity (Wildman–Crippen MR) is 117 cm³/mol. The first-order chi connectivity index (χ1) is 13.9. The van der Waals surface area contributed by atoms with Gasteiger partial charge in [-0.1, -0.05) is 35.9 Å². The minimum atomic E-state index is 0.129. The zero-order chi connectivity index (χ0) is 20.5. The third kappa shape index (κ3) is 4.59. The highest BCUT2D eigenvalue weighted by molar-refractivity contribution is 6.31. The van der Waals surface area contributed by atoms with Crippen molar-refractivity contribution in [3.8, 4) is 5.75 Å². The molecule has 4 rings (SSSR count). The second kappa shape index (κ2) is 8.37. The topological polar surface area (TPSA) is 41.6 Å². The van der Waals surface area contributed by atoms with Crippen molar-refractivity contribution in [2.75, 3.05) is 20.1 Å². The van der Waals surface area contributed by atoms with Gasteiger partial charge in [0, 0.05) is 31.7 Å². The molecule has 4 nitrogen and oxygen atoms in total. The van der Waals surface area contributed by atoms with Crippen LogP contribution in [0.5, 0.6) is 5.75 Å². The highest BCUT2D eigenvalue weighted by Gasteiger charge is 2.31. The summed E-state index contributed by atoms with van der Waals surface area (Å²) in [7, 11) is 1.70. The van der Waals surface area contributed by atoms with Crippen molar-refractivity contribution in [1.82, 2.24) is 10.2 Å². The standard InChI is InChI=1S/C24H29ClN2O2/c1-15-8-18(11-27-12-20(13-27)24(28)26-3)9-16(2)23(15)29-14-17-4-7-22(25)21(10-17)19-5-6-19/h4,7-10,19-20H,5-6,11-14H2,1-3H3,(H,26,28). The van der Waals surface area contributed by atoms with Crippen molar-refractivity contribution < 1.29 is 9.53 Å². The summed E-state index contributed by atoms with van der Waals surface area (Å²) in [6.07, 6.45) is 2.48. The van der Waals surface area contributed by atoms with Crippen LogP contribution in [-0.4, -0.2) is 30.9 Å². The molecule has 1 saturated heterocycles. The smallest absolute Gasteiger partial charge is 0.225 e. The third-order valence-corrected chi connectivity index (χ3v) is 6.31. The van der Waals surface area contributed by atoms with E-state index in [1.807, 2.05) is 6.07 Å². The molecule has 1 N–H and O–H groups in total. The number of carbonyl (C=O) groups excluding carboxylic acids is 1. The summed E-state index contributed by atoms with van der Waals surface area (Å²) in [5.74, 6) is 1.87. The molecular weight excluding hydrogens is 384 g/mol. The van der Waals surface area contributed by atoms with Crippen LogP contribution in [0.2, 0.25) is 5.02 Å². The van der Waals surface area contributed by atoms with Gasteiger partial charge in [0.1, 0.15) is 12.4 Å². The molecule has 2 aliphatic rings. The van der Waals surface area contributed by atoms with Crippen molar-refractivity contribution in [1.29, 1.82) is 0 Å². The predicted octanol–water partition coefficient (Wildman–Crippen LogP) is 4.59. The Balaban J connectivity index is 1.38. The van der Waals surface area contributed by atoms with Gasteiger partial charge in [0.2, 0.25) is 5.91 Å². The van der Waals surface area contributed by atoms with Crippen LogP contribution in [-0.2, 0) is 17.9 Å². The molecule has 1 amide bonds. The van der Waals surface area contributed by atoms with Gasteiger partial charge in [0.15, 0.2) is 0 Å². The maximum absolute atomic E-state index is 11.7. The molecule has 2 aromatic rings. The monoisotopic (exact) mass is 412 g/mol. The van der Waals surface area contributed by atoms with E-state index in [9.17, 15) is 4.79 Å². The van der Waals surface area contributed by atoms with Crippen molar-refractivity contribution in [3.63, 3.8) is 0 Å². The molecule has 1 aliphatic heterocycles. The molecule has 5 heteroatoms. The molecule has 154 valence electrons. The highest BCUT2D eigenvalue weighted by Crippen LogP contribution is 2.43. The van der Waals surface area contributed by atoms with Crippen molar-refractivity contribution in [2.24, 2.45) is 5.92 Å². The lowest BCUT2D eigenvalue weighted by Gasteiger charge is -2.38. The Hall–Kier alpha value is -2.04. The maximum Gasteiger partial charge on any atom is 0.225 e. The van der Waals surface area contributed by atoms with E-state index in [0.717, 1.165) is 41.5 Å². The first-order valence-corrected chi connectivity index (χ1v) is 10.8. The van der Waals surface area contributed by atoms with Crippen LogP contribution in [0.15, 0.2) is 30.3 Å². The number of aryl methyl sites for hydroxylation is 2. The van der Waals surface area contributed by atoms with Gasteiger partial charge >= 0.3 is 0 Å². The Morgan fingerprint density at radius 3 is 2.45 bits per heavy atom. The van der Waals surface area contributed by atoms with Crippen LogP contribution in [0, 0.1) is 19.8 Å². The summed E-state index contributed by atoms with van der Waals surface area (Å²) in [6, 6.07) is 10.7. The number of ether oxygens (including phenoxy) is 1. The lowest BCUT2D eigenvalue weighted by molar-refractivity contribution is -0.129. The maximum atomic E-state index is 11.7. The quantitative estimate of drug-likeness (QED) is 0.723. The average Bonchev–Trinajstić information content (AvgIpc) is 3.49. The number of carbonyl (C=O) groups is 1. The molecule has 2 fully saturated rings. The van der Waals surface area contributed by atoms with Gasteiger partial charge in [0.05, 0.1) is 5.92 Å². The highest BCUT2D eigenvalue weighted by atomic mass is 35.5. The number of hydrogen-bond acceptors (Lipinski definition) is 3. The fourth-order valence-corrected chi connectivity index (χ4v) is 4.50. The van der Waals surface area contributed by atoms with E-state index in [1.165, 1.54) is 29.5 Å². The lowest BCUT2D eigenvalue weighted by Crippen LogP contribution is -2.52. The molecule has 2 aromatic carbocycles. The first kappa shape index (κ1) is 20.2. The molecule has 0 bridgehead atoms. The van der Waals surface area contributed by atoms with E-state index < -0.39 is 0 Å². The van der Waals surface area contributed by atoms with Crippen molar-refractivity contribution in [2.45, 2.75) is 45.8 Å². The zero-order valence-electron chi connectivity index (χ0n) is 17.4. The largest absolute Gasteiger partial charge is 0.488 e. The molecule has 0 radical (unpaired) electrons. The SMILES string of the molecule is CNC(=O)C1CN(Cc2cc(C)c(OCc3ccc(Cl)c(C4CC4)c3)c(C)c2)C1. The second-order valence-corrected chi connectivity index (χ2v) is 8.89. The third-order valence-electron chi connectivity index (χ3n) is 5.96. The van der Waals surface area contributed by atoms with E-state index in [4.69, 9.17) is 16.3 Å². The average molecular weight is 413 g/mol. The lowest BCUT2D eigenvalue weighted by atomic mass is 9.97. The fraction of sp³-hybridized carbons (Fsp3) is 0.458. The van der Waals surface area contributed by atoms with Crippen LogP contribution in [0.25, 0.3) is 0 Å². The van der Waals surface area contributed by atoms with Crippen LogP contribution in [0.1, 0.15) is 46.6 Å².